The van der Waals surface area contributed by atoms with Crippen molar-refractivity contribution in [1.29, 1.82) is 0 Å². The second-order valence-corrected chi connectivity index (χ2v) is 5.58. The van der Waals surface area contributed by atoms with Crippen LogP contribution in [0.15, 0.2) is 55.1 Å². The number of para-hydroxylation sites is 1. The van der Waals surface area contributed by atoms with Gasteiger partial charge < -0.3 is 5.32 Å². The first-order valence-corrected chi connectivity index (χ1v) is 7.77. The zero-order chi connectivity index (χ0) is 15.9. The molecule has 1 N–H and O–H groups in total. The minimum atomic E-state index is -0.0873. The van der Waals surface area contributed by atoms with Gasteiger partial charge in [0.25, 0.3) is 5.91 Å². The van der Waals surface area contributed by atoms with Crippen molar-refractivity contribution in [2.24, 2.45) is 0 Å². The van der Waals surface area contributed by atoms with Gasteiger partial charge in [-0.3, -0.25) is 4.79 Å². The van der Waals surface area contributed by atoms with Crippen LogP contribution >= 0.6 is 0 Å². The molecule has 2 nitrogen and oxygen atoms in total. The van der Waals surface area contributed by atoms with Crippen molar-refractivity contribution < 1.29 is 4.79 Å². The van der Waals surface area contributed by atoms with Crippen molar-refractivity contribution in [2.45, 2.75) is 33.1 Å². The number of allylic oxidation sites excluding steroid dienone is 1. The number of rotatable bonds is 6. The van der Waals surface area contributed by atoms with Crippen molar-refractivity contribution in [3.05, 3.63) is 71.8 Å². The SMILES string of the molecule is C=C(C)c1ccccc1NC(=O)c1ccc(CCCC)cc1. The number of nitrogens with one attached hydrogen (secondary N) is 1. The van der Waals surface area contributed by atoms with Gasteiger partial charge in [0, 0.05) is 16.8 Å². The second kappa shape index (κ2) is 7.60. The lowest BCUT2D eigenvalue weighted by Gasteiger charge is -2.11. The van der Waals surface area contributed by atoms with Crippen LogP contribution in [0.5, 0.6) is 0 Å². The summed E-state index contributed by atoms with van der Waals surface area (Å²) in [5.41, 5.74) is 4.66. The van der Waals surface area contributed by atoms with Gasteiger partial charge in [0.15, 0.2) is 0 Å². The van der Waals surface area contributed by atoms with E-state index in [1.165, 1.54) is 18.4 Å². The molecule has 0 aliphatic heterocycles. The molecule has 0 unspecified atom stereocenters. The Kier molecular flexibility index (Phi) is 5.54. The van der Waals surface area contributed by atoms with E-state index in [-0.39, 0.29) is 5.91 Å². The molecule has 22 heavy (non-hydrogen) atoms. The largest absolute Gasteiger partial charge is 0.321 e. The number of amides is 1. The Bertz CT molecular complexity index is 656. The number of benzene rings is 2. The van der Waals surface area contributed by atoms with E-state index in [2.05, 4.69) is 18.8 Å². The molecule has 114 valence electrons. The Balaban J connectivity index is 2.11. The topological polar surface area (TPSA) is 29.1 Å². The number of hydrogen-bond acceptors (Lipinski definition) is 1. The van der Waals surface area contributed by atoms with Crippen molar-refractivity contribution in [2.75, 3.05) is 5.32 Å². The van der Waals surface area contributed by atoms with E-state index in [9.17, 15) is 4.79 Å². The predicted molar refractivity (Wildman–Crippen MR) is 94.2 cm³/mol. The second-order valence-electron chi connectivity index (χ2n) is 5.58. The summed E-state index contributed by atoms with van der Waals surface area (Å²) >= 11 is 0. The van der Waals surface area contributed by atoms with E-state index in [0.717, 1.165) is 23.2 Å². The van der Waals surface area contributed by atoms with Crippen LogP contribution in [0.4, 0.5) is 5.69 Å². The van der Waals surface area contributed by atoms with Crippen LogP contribution in [0.1, 0.15) is 48.2 Å². The normalized spacial score (nSPS) is 10.3. The van der Waals surface area contributed by atoms with Crippen LogP contribution in [0, 0.1) is 0 Å². The van der Waals surface area contributed by atoms with Gasteiger partial charge in [-0.25, -0.2) is 0 Å². The van der Waals surface area contributed by atoms with E-state index >= 15 is 0 Å². The van der Waals surface area contributed by atoms with Gasteiger partial charge >= 0.3 is 0 Å². The molecule has 2 aromatic rings. The third-order valence-electron chi connectivity index (χ3n) is 3.67. The Morgan fingerprint density at radius 1 is 1.09 bits per heavy atom. The van der Waals surface area contributed by atoms with Crippen molar-refractivity contribution >= 4 is 17.2 Å². The molecule has 0 saturated heterocycles. The van der Waals surface area contributed by atoms with E-state index in [0.29, 0.717) is 5.56 Å². The number of carbonyl (C=O) groups is 1. The summed E-state index contributed by atoms with van der Waals surface area (Å²) in [5.74, 6) is -0.0873. The average molecular weight is 293 g/mol. The fraction of sp³-hybridized carbons (Fsp3) is 0.250. The zero-order valence-corrected chi connectivity index (χ0v) is 13.4. The fourth-order valence-electron chi connectivity index (χ4n) is 2.36. The number of aryl methyl sites for hydroxylation is 1. The first-order valence-electron chi connectivity index (χ1n) is 7.77. The minimum Gasteiger partial charge on any atom is -0.321 e. The fourth-order valence-corrected chi connectivity index (χ4v) is 2.36. The zero-order valence-electron chi connectivity index (χ0n) is 13.4. The highest BCUT2D eigenvalue weighted by molar-refractivity contribution is 6.05. The van der Waals surface area contributed by atoms with Crippen LogP contribution in [0.3, 0.4) is 0 Å². The minimum absolute atomic E-state index is 0.0873. The lowest BCUT2D eigenvalue weighted by molar-refractivity contribution is 0.102. The van der Waals surface area contributed by atoms with Gasteiger partial charge in [-0.1, -0.05) is 50.3 Å². The molecule has 0 atom stereocenters. The maximum atomic E-state index is 12.4. The first kappa shape index (κ1) is 16.0. The van der Waals surface area contributed by atoms with Crippen molar-refractivity contribution in [3.63, 3.8) is 0 Å². The van der Waals surface area contributed by atoms with Gasteiger partial charge in [-0.05, 0) is 49.1 Å². The van der Waals surface area contributed by atoms with E-state index in [4.69, 9.17) is 0 Å². The molecule has 0 aromatic heterocycles. The Morgan fingerprint density at radius 3 is 2.41 bits per heavy atom. The first-order chi connectivity index (χ1) is 10.6. The van der Waals surface area contributed by atoms with Gasteiger partial charge in [0.05, 0.1) is 0 Å². The smallest absolute Gasteiger partial charge is 0.255 e. The molecule has 0 radical (unpaired) electrons. The summed E-state index contributed by atoms with van der Waals surface area (Å²) in [5, 5.41) is 2.97. The standard InChI is InChI=1S/C20H23NO/c1-4-5-8-16-11-13-17(14-12-16)20(22)21-19-10-7-6-9-18(19)15(2)3/h6-7,9-14H,2,4-5,8H2,1,3H3,(H,21,22). The molecular weight excluding hydrogens is 270 g/mol. The van der Waals surface area contributed by atoms with Crippen LogP contribution in [0.2, 0.25) is 0 Å². The molecule has 0 bridgehead atoms. The van der Waals surface area contributed by atoms with Crippen LogP contribution in [0.25, 0.3) is 5.57 Å². The Labute approximate surface area is 132 Å². The van der Waals surface area contributed by atoms with Gasteiger partial charge in [-0.15, -0.1) is 0 Å². The molecule has 1 amide bonds. The highest BCUT2D eigenvalue weighted by Gasteiger charge is 2.09. The molecule has 0 fully saturated rings. The monoisotopic (exact) mass is 293 g/mol. The van der Waals surface area contributed by atoms with Crippen LogP contribution in [-0.2, 0) is 6.42 Å². The molecule has 0 aliphatic carbocycles. The number of anilines is 1. The molecule has 0 aliphatic rings. The van der Waals surface area contributed by atoms with Gasteiger partial charge in [-0.2, -0.15) is 0 Å². The van der Waals surface area contributed by atoms with E-state index in [1.54, 1.807) is 0 Å². The summed E-state index contributed by atoms with van der Waals surface area (Å²) in [6.45, 7) is 8.07. The summed E-state index contributed by atoms with van der Waals surface area (Å²) in [7, 11) is 0. The summed E-state index contributed by atoms with van der Waals surface area (Å²) in [6, 6.07) is 15.6. The maximum absolute atomic E-state index is 12.4. The lowest BCUT2D eigenvalue weighted by atomic mass is 10.0. The van der Waals surface area contributed by atoms with Crippen LogP contribution < -0.4 is 5.32 Å². The molecule has 2 aromatic carbocycles. The van der Waals surface area contributed by atoms with Crippen molar-refractivity contribution in [3.8, 4) is 0 Å². The highest BCUT2D eigenvalue weighted by Crippen LogP contribution is 2.22. The van der Waals surface area contributed by atoms with Crippen LogP contribution in [-0.4, -0.2) is 5.91 Å². The highest BCUT2D eigenvalue weighted by atomic mass is 16.1. The number of unbranched alkanes of at least 4 members (excludes halogenated alkanes) is 1. The predicted octanol–water partition coefficient (Wildman–Crippen LogP) is 5.31. The van der Waals surface area contributed by atoms with Gasteiger partial charge in [0.1, 0.15) is 0 Å². The van der Waals surface area contributed by atoms with E-state index < -0.39 is 0 Å². The van der Waals surface area contributed by atoms with Crippen molar-refractivity contribution in [1.82, 2.24) is 0 Å². The number of carbonyl (C=O) groups excluding carboxylic acids is 1. The lowest BCUT2D eigenvalue weighted by Crippen LogP contribution is -2.13. The van der Waals surface area contributed by atoms with E-state index in [1.807, 2.05) is 55.5 Å². The molecule has 0 saturated carbocycles. The Morgan fingerprint density at radius 2 is 1.77 bits per heavy atom. The van der Waals surface area contributed by atoms with Gasteiger partial charge in [0.2, 0.25) is 0 Å². The summed E-state index contributed by atoms with van der Waals surface area (Å²) in [4.78, 5) is 12.4. The molecular formula is C20H23NO. The average Bonchev–Trinajstić information content (AvgIpc) is 2.53. The quantitative estimate of drug-likeness (QED) is 0.767. The third kappa shape index (κ3) is 4.08. The maximum Gasteiger partial charge on any atom is 0.255 e. The number of hydrogen-bond donors (Lipinski definition) is 1. The molecule has 0 spiro atoms. The molecule has 2 heteroatoms. The Hall–Kier alpha value is -2.35. The summed E-state index contributed by atoms with van der Waals surface area (Å²) < 4.78 is 0. The third-order valence-corrected chi connectivity index (χ3v) is 3.67. The molecule has 2 rings (SSSR count). The summed E-state index contributed by atoms with van der Waals surface area (Å²) in [6.07, 6.45) is 3.42. The molecule has 0 heterocycles.